The second kappa shape index (κ2) is 9.62. The third-order valence-corrected chi connectivity index (χ3v) is 5.31. The molecule has 2 aromatic rings. The summed E-state index contributed by atoms with van der Waals surface area (Å²) in [5.74, 6) is 0.348. The average Bonchev–Trinajstić information content (AvgIpc) is 2.69. The molecule has 0 aliphatic rings. The number of rotatable bonds is 8. The van der Waals surface area contributed by atoms with Crippen molar-refractivity contribution in [3.8, 4) is 11.5 Å². The molecular formula is C19H22ClN3O5S. The maximum absolute atomic E-state index is 12.4. The number of carbonyl (C=O) groups is 1. The van der Waals surface area contributed by atoms with Gasteiger partial charge in [-0.25, -0.2) is 13.8 Å². The summed E-state index contributed by atoms with van der Waals surface area (Å²) in [4.78, 5) is 12.4. The fourth-order valence-electron chi connectivity index (χ4n) is 2.45. The summed E-state index contributed by atoms with van der Waals surface area (Å²) in [5, 5.41) is 4.34. The Bertz CT molecular complexity index is 1010. The molecule has 156 valence electrons. The minimum atomic E-state index is -3.79. The number of hydrogen-bond acceptors (Lipinski definition) is 6. The van der Waals surface area contributed by atoms with Crippen molar-refractivity contribution in [1.29, 1.82) is 0 Å². The highest BCUT2D eigenvalue weighted by Gasteiger charge is 2.24. The summed E-state index contributed by atoms with van der Waals surface area (Å²) < 4.78 is 35.7. The molecule has 0 aliphatic heterocycles. The number of nitrogens with one attached hydrogen (secondary N) is 1. The molecule has 2 rings (SSSR count). The summed E-state index contributed by atoms with van der Waals surface area (Å²) in [7, 11) is -0.823. The first-order valence-corrected chi connectivity index (χ1v) is 10.7. The van der Waals surface area contributed by atoms with Crippen LogP contribution in [-0.2, 0) is 14.8 Å². The lowest BCUT2D eigenvalue weighted by Gasteiger charge is -2.23. The molecule has 0 saturated heterocycles. The van der Waals surface area contributed by atoms with E-state index in [9.17, 15) is 13.2 Å². The van der Waals surface area contributed by atoms with Gasteiger partial charge in [-0.05, 0) is 55.0 Å². The van der Waals surface area contributed by atoms with Gasteiger partial charge in [0, 0.05) is 5.02 Å². The number of anilines is 1. The van der Waals surface area contributed by atoms with Crippen molar-refractivity contribution in [1.82, 2.24) is 5.43 Å². The number of methoxy groups -OCH3 is 2. The zero-order valence-corrected chi connectivity index (χ0v) is 18.0. The summed E-state index contributed by atoms with van der Waals surface area (Å²) in [6.45, 7) is 1.23. The fraction of sp³-hybridized carbons (Fsp3) is 0.263. The van der Waals surface area contributed by atoms with Gasteiger partial charge in [-0.3, -0.25) is 9.10 Å². The lowest BCUT2D eigenvalue weighted by atomic mass is 10.1. The Morgan fingerprint density at radius 2 is 1.79 bits per heavy atom. The van der Waals surface area contributed by atoms with E-state index in [-0.39, 0.29) is 11.4 Å². The normalized spacial score (nSPS) is 11.7. The molecule has 1 N–H and O–H groups in total. The quantitative estimate of drug-likeness (QED) is 0.503. The van der Waals surface area contributed by atoms with Gasteiger partial charge in [0.05, 0.1) is 31.9 Å². The highest BCUT2D eigenvalue weighted by Crippen LogP contribution is 2.32. The zero-order valence-electron chi connectivity index (χ0n) is 16.5. The van der Waals surface area contributed by atoms with Gasteiger partial charge in [0.2, 0.25) is 10.0 Å². The number of sulfonamides is 1. The van der Waals surface area contributed by atoms with Crippen molar-refractivity contribution in [2.75, 3.05) is 31.3 Å². The molecule has 10 heteroatoms. The number of carbonyl (C=O) groups excluding carboxylic acids is 1. The number of benzene rings is 2. The van der Waals surface area contributed by atoms with Crippen LogP contribution in [0.1, 0.15) is 12.5 Å². The highest BCUT2D eigenvalue weighted by molar-refractivity contribution is 7.92. The van der Waals surface area contributed by atoms with E-state index in [0.717, 1.165) is 16.1 Å². The van der Waals surface area contributed by atoms with Crippen LogP contribution in [0.3, 0.4) is 0 Å². The number of nitrogens with zero attached hydrogens (tertiary/aromatic N) is 2. The summed E-state index contributed by atoms with van der Waals surface area (Å²) in [5.41, 5.74) is 3.86. The number of halogens is 1. The van der Waals surface area contributed by atoms with E-state index in [1.165, 1.54) is 19.2 Å². The van der Waals surface area contributed by atoms with Gasteiger partial charge in [0.1, 0.15) is 18.0 Å². The van der Waals surface area contributed by atoms with Gasteiger partial charge in [-0.2, -0.15) is 5.10 Å². The number of hydrazone groups is 1. The molecule has 0 saturated carbocycles. The van der Waals surface area contributed by atoms with Crippen LogP contribution >= 0.6 is 11.6 Å². The van der Waals surface area contributed by atoms with E-state index in [2.05, 4.69) is 10.5 Å². The maximum Gasteiger partial charge on any atom is 0.260 e. The zero-order chi connectivity index (χ0) is 21.6. The molecule has 0 radical (unpaired) electrons. The first kappa shape index (κ1) is 22.5. The van der Waals surface area contributed by atoms with Crippen molar-refractivity contribution in [3.63, 3.8) is 0 Å². The van der Waals surface area contributed by atoms with Gasteiger partial charge in [-0.15, -0.1) is 0 Å². The largest absolute Gasteiger partial charge is 0.497 e. The summed E-state index contributed by atoms with van der Waals surface area (Å²) in [6.07, 6.45) is 0.993. The highest BCUT2D eigenvalue weighted by atomic mass is 35.5. The Hall–Kier alpha value is -2.78. The Labute approximate surface area is 175 Å². The Kier molecular flexibility index (Phi) is 7.46. The predicted octanol–water partition coefficient (Wildman–Crippen LogP) is 2.66. The lowest BCUT2D eigenvalue weighted by Crippen LogP contribution is -2.39. The first-order chi connectivity index (χ1) is 13.7. The van der Waals surface area contributed by atoms with Crippen molar-refractivity contribution < 1.29 is 22.7 Å². The van der Waals surface area contributed by atoms with E-state index in [4.69, 9.17) is 21.1 Å². The SMILES string of the molecule is COc1ccc(/C(C)=N\NC(=O)CN(c2cc(Cl)ccc2OC)S(C)(=O)=O)cc1. The molecule has 0 aliphatic carbocycles. The number of hydrogen-bond donors (Lipinski definition) is 1. The Morgan fingerprint density at radius 1 is 1.14 bits per heavy atom. The minimum absolute atomic E-state index is 0.161. The van der Waals surface area contributed by atoms with Gasteiger partial charge in [0.15, 0.2) is 0 Å². The second-order valence-corrected chi connectivity index (χ2v) is 8.39. The van der Waals surface area contributed by atoms with Crippen molar-refractivity contribution >= 4 is 38.9 Å². The predicted molar refractivity (Wildman–Crippen MR) is 114 cm³/mol. The molecule has 0 bridgehead atoms. The van der Waals surface area contributed by atoms with Crippen LogP contribution in [0.5, 0.6) is 11.5 Å². The molecule has 0 aromatic heterocycles. The molecule has 0 heterocycles. The topological polar surface area (TPSA) is 97.3 Å². The molecule has 0 unspecified atom stereocenters. The molecule has 2 aromatic carbocycles. The van der Waals surface area contributed by atoms with Gasteiger partial charge < -0.3 is 9.47 Å². The van der Waals surface area contributed by atoms with E-state index in [1.807, 2.05) is 0 Å². The van der Waals surface area contributed by atoms with E-state index in [0.29, 0.717) is 16.5 Å². The number of ether oxygens (including phenoxy) is 2. The third-order valence-electron chi connectivity index (χ3n) is 3.95. The third kappa shape index (κ3) is 6.10. The van der Waals surface area contributed by atoms with Gasteiger partial charge in [0.25, 0.3) is 5.91 Å². The van der Waals surface area contributed by atoms with Crippen LogP contribution in [0.4, 0.5) is 5.69 Å². The van der Waals surface area contributed by atoms with Crippen LogP contribution in [-0.4, -0.2) is 47.1 Å². The standard InChI is InChI=1S/C19H22ClN3O5S/c1-13(14-5-8-16(27-2)9-6-14)21-22-19(24)12-23(29(4,25)26)17-11-15(20)7-10-18(17)28-3/h5-11H,12H2,1-4H3,(H,22,24)/b21-13-. The molecule has 0 fully saturated rings. The van der Waals surface area contributed by atoms with Gasteiger partial charge >= 0.3 is 0 Å². The van der Waals surface area contributed by atoms with Gasteiger partial charge in [-0.1, -0.05) is 11.6 Å². The monoisotopic (exact) mass is 439 g/mol. The van der Waals surface area contributed by atoms with Crippen LogP contribution in [0.2, 0.25) is 5.02 Å². The number of amides is 1. The fourth-order valence-corrected chi connectivity index (χ4v) is 3.47. The van der Waals surface area contributed by atoms with E-state index < -0.39 is 22.5 Å². The van der Waals surface area contributed by atoms with Crippen LogP contribution in [0.15, 0.2) is 47.6 Å². The average molecular weight is 440 g/mol. The molecular weight excluding hydrogens is 418 g/mol. The molecule has 29 heavy (non-hydrogen) atoms. The van der Waals surface area contributed by atoms with Crippen LogP contribution in [0.25, 0.3) is 0 Å². The van der Waals surface area contributed by atoms with Crippen LogP contribution < -0.4 is 19.2 Å². The smallest absolute Gasteiger partial charge is 0.260 e. The minimum Gasteiger partial charge on any atom is -0.497 e. The van der Waals surface area contributed by atoms with Crippen molar-refractivity contribution in [2.24, 2.45) is 5.10 Å². The Morgan fingerprint density at radius 3 is 2.34 bits per heavy atom. The summed E-state index contributed by atoms with van der Waals surface area (Å²) in [6, 6.07) is 11.6. The molecule has 1 amide bonds. The summed E-state index contributed by atoms with van der Waals surface area (Å²) >= 11 is 5.99. The maximum atomic E-state index is 12.4. The van der Waals surface area contributed by atoms with Crippen molar-refractivity contribution in [2.45, 2.75) is 6.92 Å². The van der Waals surface area contributed by atoms with E-state index in [1.54, 1.807) is 44.4 Å². The second-order valence-electron chi connectivity index (χ2n) is 6.05. The molecule has 0 atom stereocenters. The van der Waals surface area contributed by atoms with E-state index >= 15 is 0 Å². The first-order valence-electron chi connectivity index (χ1n) is 8.44. The Balaban J connectivity index is 2.20. The van der Waals surface area contributed by atoms with Crippen LogP contribution in [0, 0.1) is 0 Å². The molecule has 8 nitrogen and oxygen atoms in total. The lowest BCUT2D eigenvalue weighted by molar-refractivity contribution is -0.119. The molecule has 0 spiro atoms. The van der Waals surface area contributed by atoms with Crippen molar-refractivity contribution in [3.05, 3.63) is 53.1 Å².